The van der Waals surface area contributed by atoms with Gasteiger partial charge in [0.2, 0.25) is 0 Å². The van der Waals surface area contributed by atoms with Crippen molar-refractivity contribution in [1.29, 1.82) is 0 Å². The molecule has 0 spiro atoms. The van der Waals surface area contributed by atoms with Crippen LogP contribution in [0.3, 0.4) is 0 Å². The molecule has 0 unspecified atom stereocenters. The van der Waals surface area contributed by atoms with Crippen LogP contribution < -0.4 is 0 Å². The van der Waals surface area contributed by atoms with Gasteiger partial charge in [0.15, 0.2) is 0 Å². The third-order valence-electron chi connectivity index (χ3n) is 0. The minimum atomic E-state index is 0. The summed E-state index contributed by atoms with van der Waals surface area (Å²) in [6.07, 6.45) is 0. The molecule has 4 heteroatoms. The van der Waals surface area contributed by atoms with Crippen LogP contribution in [0, 0.1) is 0 Å². The molecule has 0 aliphatic heterocycles. The smallest absolute Gasteiger partial charge is 0 e. The van der Waals surface area contributed by atoms with Crippen LogP contribution in [0.25, 0.3) is 0 Å². The van der Waals surface area contributed by atoms with Gasteiger partial charge in [0.1, 0.15) is 0 Å². The Bertz CT molecular complexity index is 8.00. The molecule has 0 aromatic carbocycles. The molecule has 0 aliphatic rings. The molecule has 0 N–H and O–H groups in total. The zero-order valence-corrected chi connectivity index (χ0v) is 9.63. The van der Waals surface area contributed by atoms with Crippen molar-refractivity contribution in [3.63, 3.8) is 0 Å². The summed E-state index contributed by atoms with van der Waals surface area (Å²) in [6.45, 7) is 0. The summed E-state index contributed by atoms with van der Waals surface area (Å²) in [6, 6.07) is 0. The molecule has 0 amide bonds. The van der Waals surface area contributed by atoms with Crippen molar-refractivity contribution in [2.75, 3.05) is 0 Å². The maximum absolute atomic E-state index is 0. The van der Waals surface area contributed by atoms with Crippen molar-refractivity contribution in [2.45, 2.75) is 0 Å². The van der Waals surface area contributed by atoms with Crippen molar-refractivity contribution in [3.8, 4) is 0 Å². The van der Waals surface area contributed by atoms with Crippen molar-refractivity contribution in [2.24, 2.45) is 0 Å². The first kappa shape index (κ1) is 27.3. The minimum absolute atomic E-state index is 0. The van der Waals surface area contributed by atoms with Gasteiger partial charge in [-0.25, -0.2) is 0 Å². The first-order valence-corrected chi connectivity index (χ1v) is 0. The molecular weight excluding hydrogens is 308 g/mol. The van der Waals surface area contributed by atoms with Crippen molar-refractivity contribution in [3.05, 3.63) is 0 Å². The predicted molar refractivity (Wildman–Crippen MR) is 5.75 cm³/mol. The molecule has 0 rings (SSSR count). The Hall–Kier alpha value is 3.14. The van der Waals surface area contributed by atoms with Gasteiger partial charge in [-0.05, 0) is 0 Å². The maximum atomic E-state index is 0. The van der Waals surface area contributed by atoms with E-state index in [4.69, 9.17) is 0 Å². The Morgan fingerprint density at radius 3 is 1.00 bits per heavy atom. The fourth-order valence-electron chi connectivity index (χ4n) is 0. The molecule has 26 valence electrons. The van der Waals surface area contributed by atoms with Crippen LogP contribution in [0.4, 0.5) is 0 Å². The molecule has 4 radical (unpaired) electrons. The summed E-state index contributed by atoms with van der Waals surface area (Å²) in [4.78, 5) is 0. The van der Waals surface area contributed by atoms with Crippen LogP contribution in [0.5, 0.6) is 0 Å². The third kappa shape index (κ3) is 8.94. The second-order valence-corrected chi connectivity index (χ2v) is 0. The van der Waals surface area contributed by atoms with Gasteiger partial charge in [-0.1, -0.05) is 0 Å². The maximum Gasteiger partial charge on any atom is 0 e. The first-order valence-electron chi connectivity index (χ1n) is 0. The second kappa shape index (κ2) is 16.4. The standard InChI is InChI=1S/Ba.Cr.Cu.Mn. The molecule has 0 saturated heterocycles. The van der Waals surface area contributed by atoms with E-state index >= 15 is 0 Å². The van der Waals surface area contributed by atoms with Crippen LogP contribution in [0.15, 0.2) is 0 Å². The summed E-state index contributed by atoms with van der Waals surface area (Å²) in [5.41, 5.74) is 0. The molecule has 4 heavy (non-hydrogen) atoms. The molecule has 0 aliphatic carbocycles. The topological polar surface area (TPSA) is 0 Å². The summed E-state index contributed by atoms with van der Waals surface area (Å²) in [5, 5.41) is 0. The Morgan fingerprint density at radius 2 is 1.00 bits per heavy atom. The first-order chi connectivity index (χ1) is 0. The van der Waals surface area contributed by atoms with E-state index in [-0.39, 0.29) is 100 Å². The van der Waals surface area contributed by atoms with E-state index in [0.29, 0.717) is 0 Å². The summed E-state index contributed by atoms with van der Waals surface area (Å²) >= 11 is 0. The summed E-state index contributed by atoms with van der Waals surface area (Å²) < 4.78 is 0. The van der Waals surface area contributed by atoms with Gasteiger partial charge in [0.05, 0.1) is 0 Å². The Kier molecular flexibility index (Phi) is 112. The fourth-order valence-corrected chi connectivity index (χ4v) is 0. The zero-order valence-electron chi connectivity index (χ0n) is 1.79. The Labute approximate surface area is 98.0 Å². The number of rotatable bonds is 0. The van der Waals surface area contributed by atoms with Gasteiger partial charge < -0.3 is 0 Å². The minimum Gasteiger partial charge on any atom is 0 e. The van der Waals surface area contributed by atoms with E-state index < -0.39 is 0 Å². The molecule has 0 fully saturated rings. The van der Waals surface area contributed by atoms with Crippen LogP contribution >= 0.6 is 0 Å². The van der Waals surface area contributed by atoms with E-state index in [0.717, 1.165) is 0 Å². The van der Waals surface area contributed by atoms with Gasteiger partial charge >= 0.3 is 0 Å². The normalized spacial score (nSPS) is 0. The van der Waals surface area contributed by atoms with Gasteiger partial charge in [0.25, 0.3) is 0 Å². The molecule has 0 aromatic heterocycles. The molecule has 0 bridgehead atoms. The van der Waals surface area contributed by atoms with Crippen LogP contribution in [0.2, 0.25) is 0 Å². The van der Waals surface area contributed by atoms with Crippen LogP contribution in [-0.2, 0) is 51.5 Å². The number of hydrogen-bond acceptors (Lipinski definition) is 0. The third-order valence-corrected chi connectivity index (χ3v) is 0. The molecule has 0 nitrogen and oxygen atoms in total. The van der Waals surface area contributed by atoms with E-state index in [1.807, 2.05) is 0 Å². The molecular formula is BaCrCuMn. The number of hydrogen-bond donors (Lipinski definition) is 0. The monoisotopic (exact) mass is 308 g/mol. The Balaban J connectivity index is 0. The van der Waals surface area contributed by atoms with Crippen LogP contribution in [0.1, 0.15) is 0 Å². The largest absolute Gasteiger partial charge is 0 e. The molecule has 0 saturated carbocycles. The SMILES string of the molecule is [Ba].[Cr].[Cu].[Mn]. The van der Waals surface area contributed by atoms with Crippen LogP contribution in [-0.4, -0.2) is 48.9 Å². The van der Waals surface area contributed by atoms with E-state index in [1.165, 1.54) is 0 Å². The molecule has 0 atom stereocenters. The molecule has 0 heterocycles. The van der Waals surface area contributed by atoms with Crippen molar-refractivity contribution >= 4 is 48.9 Å². The average Bonchev–Trinajstić information content (AvgIpc) is 0. The van der Waals surface area contributed by atoms with Gasteiger partial charge in [-0.2, -0.15) is 0 Å². The fraction of sp³-hybridized carbons (Fsp3) is 0. The zero-order chi connectivity index (χ0) is 0. The predicted octanol–water partition coefficient (Wildman–Crippen LogP) is -0.388. The van der Waals surface area contributed by atoms with Gasteiger partial charge in [0, 0.05) is 100 Å². The van der Waals surface area contributed by atoms with E-state index in [2.05, 4.69) is 0 Å². The van der Waals surface area contributed by atoms with Gasteiger partial charge in [-0.15, -0.1) is 0 Å². The van der Waals surface area contributed by atoms with E-state index in [9.17, 15) is 0 Å². The average molecular weight is 308 g/mol. The summed E-state index contributed by atoms with van der Waals surface area (Å²) in [7, 11) is 0. The second-order valence-electron chi connectivity index (χ2n) is 0. The Morgan fingerprint density at radius 1 is 1.00 bits per heavy atom. The summed E-state index contributed by atoms with van der Waals surface area (Å²) in [5.74, 6) is 0. The molecule has 0 aromatic rings. The quantitative estimate of drug-likeness (QED) is 0.535. The van der Waals surface area contributed by atoms with Gasteiger partial charge in [-0.3, -0.25) is 0 Å². The van der Waals surface area contributed by atoms with E-state index in [1.54, 1.807) is 0 Å². The van der Waals surface area contributed by atoms with Crippen molar-refractivity contribution < 1.29 is 51.5 Å². The van der Waals surface area contributed by atoms with Crippen molar-refractivity contribution in [1.82, 2.24) is 0 Å².